The molecule has 174 valence electrons. The summed E-state index contributed by atoms with van der Waals surface area (Å²) in [5.74, 6) is 7.11. The maximum absolute atomic E-state index is 7.50. The van der Waals surface area contributed by atoms with Gasteiger partial charge in [-0.2, -0.15) is 0 Å². The molecule has 7 heteroatoms. The van der Waals surface area contributed by atoms with Crippen molar-refractivity contribution in [2.75, 3.05) is 13.1 Å². The number of nitrogens with zero attached hydrogens (tertiary/aromatic N) is 1. The Kier molecular flexibility index (Phi) is 33.9. The van der Waals surface area contributed by atoms with Crippen LogP contribution in [0.25, 0.3) is 0 Å². The monoisotopic (exact) mass is 495 g/mol. The van der Waals surface area contributed by atoms with Gasteiger partial charge >= 0.3 is 211 Å². The molecule has 1 atom stereocenters. The fraction of sp³-hybridized carbons (Fsp3) is 0.259. The Morgan fingerprint density at radius 3 is 2.00 bits per heavy atom. The van der Waals surface area contributed by atoms with E-state index in [9.17, 15) is 0 Å². The zero-order valence-electron chi connectivity index (χ0n) is 19.0. The second kappa shape index (κ2) is 30.1. The Labute approximate surface area is 211 Å². The Morgan fingerprint density at radius 2 is 1.59 bits per heavy atom. The summed E-state index contributed by atoms with van der Waals surface area (Å²) in [6.45, 7) is 34.3. The van der Waals surface area contributed by atoms with Crippen molar-refractivity contribution in [3.63, 3.8) is 0 Å². The van der Waals surface area contributed by atoms with E-state index in [1.165, 1.54) is 17.6 Å². The SMILES string of the molecule is C=CCN(CC1=CC[C@@H](C(=C)C)CC1)[C](=[Cr])C#Cc1ccccc1.[C-]#[O+].[C-]#[O+].[C-]#[O+].[C-]#[O+].[C-]#[O+]. The van der Waals surface area contributed by atoms with Crippen molar-refractivity contribution in [3.8, 4) is 11.8 Å². The molecule has 2 rings (SSSR count). The molecule has 0 radical (unpaired) electrons. The van der Waals surface area contributed by atoms with Crippen molar-refractivity contribution in [2.24, 2.45) is 5.92 Å². The molecular formula is C27H25CrNO5. The van der Waals surface area contributed by atoms with Gasteiger partial charge in [0.1, 0.15) is 0 Å². The third-order valence-corrected chi connectivity index (χ3v) is 4.88. The zero-order valence-corrected chi connectivity index (χ0v) is 20.2. The minimum atomic E-state index is 0.649. The predicted octanol–water partition coefficient (Wildman–Crippen LogP) is 4.32. The minimum absolute atomic E-state index is 0.649. The molecule has 0 saturated carbocycles. The summed E-state index contributed by atoms with van der Waals surface area (Å²) in [5.41, 5.74) is 3.83. The molecule has 0 N–H and O–H groups in total. The molecule has 0 heterocycles. The van der Waals surface area contributed by atoms with Crippen molar-refractivity contribution in [2.45, 2.75) is 26.2 Å². The van der Waals surface area contributed by atoms with Crippen LogP contribution in [0.5, 0.6) is 0 Å². The molecule has 0 aromatic heterocycles. The van der Waals surface area contributed by atoms with Gasteiger partial charge in [0, 0.05) is 0 Å². The fourth-order valence-electron chi connectivity index (χ4n) is 2.83. The fourth-order valence-corrected chi connectivity index (χ4v) is 3.12. The molecule has 0 aliphatic heterocycles. The average Bonchev–Trinajstić information content (AvgIpc) is 2.93. The van der Waals surface area contributed by atoms with Crippen LogP contribution in [0.4, 0.5) is 0 Å². The van der Waals surface area contributed by atoms with E-state index in [1.54, 1.807) is 0 Å². The summed E-state index contributed by atoms with van der Waals surface area (Å²) in [6, 6.07) is 10.1. The molecule has 0 unspecified atom stereocenters. The summed E-state index contributed by atoms with van der Waals surface area (Å²) >= 11 is 3.13. The molecule has 1 aliphatic rings. The van der Waals surface area contributed by atoms with Crippen molar-refractivity contribution in [3.05, 3.63) is 106 Å². The summed E-state index contributed by atoms with van der Waals surface area (Å²) in [6.07, 6.45) is 7.79. The van der Waals surface area contributed by atoms with E-state index in [0.29, 0.717) is 5.92 Å². The van der Waals surface area contributed by atoms with Crippen molar-refractivity contribution >= 4 is 4.50 Å². The summed E-state index contributed by atoms with van der Waals surface area (Å²) in [7, 11) is 0. The van der Waals surface area contributed by atoms with E-state index in [1.807, 2.05) is 36.4 Å². The van der Waals surface area contributed by atoms with Crippen molar-refractivity contribution in [1.82, 2.24) is 4.90 Å². The van der Waals surface area contributed by atoms with Crippen LogP contribution in [0.1, 0.15) is 31.7 Å². The van der Waals surface area contributed by atoms with Crippen LogP contribution in [0, 0.1) is 51.0 Å². The third-order valence-electron chi connectivity index (χ3n) is 4.32. The van der Waals surface area contributed by atoms with Crippen LogP contribution < -0.4 is 0 Å². The number of hydrogen-bond donors (Lipinski definition) is 0. The Hall–Kier alpha value is -2.94. The van der Waals surface area contributed by atoms with Crippen LogP contribution in [-0.4, -0.2) is 22.5 Å². The van der Waals surface area contributed by atoms with Crippen LogP contribution in [0.2, 0.25) is 0 Å². The van der Waals surface area contributed by atoms with Crippen LogP contribution >= 0.6 is 0 Å². The van der Waals surface area contributed by atoms with Crippen LogP contribution in [0.15, 0.2) is 66.8 Å². The predicted molar refractivity (Wildman–Crippen MR) is 120 cm³/mol. The second-order valence-corrected chi connectivity index (χ2v) is 6.87. The molecule has 6 nitrogen and oxygen atoms in total. The quantitative estimate of drug-likeness (QED) is 0.250. The number of rotatable bonds is 6. The standard InChI is InChI=1S/C22H25N.5CO.Cr/c1-4-16-23(17-8-11-20-9-6-5-7-10-20)18-21-12-14-22(15-13-21)19(2)3;5*1-2;/h4-7,9-10,12,22H,1-2,13-16,18H2,3H3;;;;;;/t22-;;;;;;/m1....../s1. The van der Waals surface area contributed by atoms with Crippen molar-refractivity contribution < 1.29 is 39.1 Å². The first kappa shape index (κ1) is 38.3. The number of hydrogen-bond acceptors (Lipinski definition) is 1. The van der Waals surface area contributed by atoms with Crippen LogP contribution in [-0.2, 0) is 39.1 Å². The molecule has 1 aromatic rings. The molecule has 0 fully saturated rings. The molecule has 34 heavy (non-hydrogen) atoms. The number of benzene rings is 1. The first-order valence-electron chi connectivity index (χ1n) is 9.42. The zero-order chi connectivity index (χ0) is 27.4. The van der Waals surface area contributed by atoms with Gasteiger partial charge in [0.2, 0.25) is 0 Å². The first-order valence-corrected chi connectivity index (χ1v) is 10.1. The summed E-state index contributed by atoms with van der Waals surface area (Å²) in [5, 5.41) is 0. The maximum atomic E-state index is 7.50. The topological polar surface area (TPSA) is 103 Å². The molecule has 1 aromatic carbocycles. The summed E-state index contributed by atoms with van der Waals surface area (Å²) < 4.78 is 38.5. The van der Waals surface area contributed by atoms with E-state index in [0.717, 1.165) is 36.0 Å². The molecule has 0 spiro atoms. The van der Waals surface area contributed by atoms with Crippen LogP contribution in [0.3, 0.4) is 0 Å². The van der Waals surface area contributed by atoms with Gasteiger partial charge in [-0.15, -0.1) is 0 Å². The average molecular weight is 495 g/mol. The number of allylic oxidation sites excluding steroid dienone is 2. The van der Waals surface area contributed by atoms with Gasteiger partial charge in [-0.25, -0.2) is 0 Å². The van der Waals surface area contributed by atoms with Crippen molar-refractivity contribution in [1.29, 1.82) is 0 Å². The van der Waals surface area contributed by atoms with Gasteiger partial charge in [0.05, 0.1) is 0 Å². The molecule has 0 amide bonds. The third kappa shape index (κ3) is 18.6. The van der Waals surface area contributed by atoms with E-state index in [2.05, 4.69) is 92.0 Å². The van der Waals surface area contributed by atoms with E-state index in [4.69, 9.17) is 23.3 Å². The Balaban J connectivity index is -0.000000398. The van der Waals surface area contributed by atoms with Gasteiger partial charge in [-0.05, 0) is 0 Å². The van der Waals surface area contributed by atoms with E-state index < -0.39 is 0 Å². The normalized spacial score (nSPS) is 12.1. The van der Waals surface area contributed by atoms with Gasteiger partial charge in [-0.1, -0.05) is 0 Å². The summed E-state index contributed by atoms with van der Waals surface area (Å²) in [4.78, 5) is 2.26. The van der Waals surface area contributed by atoms with Gasteiger partial charge in [0.15, 0.2) is 0 Å². The van der Waals surface area contributed by atoms with Gasteiger partial charge in [-0.3, -0.25) is 0 Å². The second-order valence-electron chi connectivity index (χ2n) is 6.27. The Morgan fingerprint density at radius 1 is 1.06 bits per heavy atom. The van der Waals surface area contributed by atoms with Gasteiger partial charge < -0.3 is 0 Å². The van der Waals surface area contributed by atoms with E-state index >= 15 is 0 Å². The molecule has 1 aliphatic carbocycles. The Bertz CT molecular complexity index is 877. The van der Waals surface area contributed by atoms with Gasteiger partial charge in [0.25, 0.3) is 0 Å². The molecular weight excluding hydrogens is 470 g/mol. The first-order chi connectivity index (χ1) is 16.6. The van der Waals surface area contributed by atoms with E-state index in [-0.39, 0.29) is 0 Å². The molecule has 0 bridgehead atoms. The molecule has 0 saturated heterocycles.